The third-order valence-corrected chi connectivity index (χ3v) is 5.82. The van der Waals surface area contributed by atoms with E-state index in [4.69, 9.17) is 4.98 Å². The van der Waals surface area contributed by atoms with Gasteiger partial charge in [0.15, 0.2) is 0 Å². The van der Waals surface area contributed by atoms with Gasteiger partial charge in [0.1, 0.15) is 5.01 Å². The fraction of sp³-hybridized carbons (Fsp3) is 0.444. The van der Waals surface area contributed by atoms with Crippen LogP contribution in [0.3, 0.4) is 0 Å². The molecular weight excluding hydrogens is 348 g/mol. The van der Waals surface area contributed by atoms with Crippen molar-refractivity contribution in [2.24, 2.45) is 13.0 Å². The molecule has 8 heteroatoms. The Balaban J connectivity index is 1.49. The summed E-state index contributed by atoms with van der Waals surface area (Å²) in [5.74, 6) is 0.873. The molecule has 1 N–H and O–H groups in total. The molecule has 0 spiro atoms. The molecule has 1 aliphatic heterocycles. The average Bonchev–Trinajstić information content (AvgIpc) is 3.26. The van der Waals surface area contributed by atoms with Crippen molar-refractivity contribution in [2.45, 2.75) is 26.2 Å². The number of hydrogen-bond donors (Lipinski definition) is 1. The first kappa shape index (κ1) is 17.0. The number of imidazole rings is 1. The number of carbonyl (C=O) groups excluding carboxylic acids is 1. The van der Waals surface area contributed by atoms with Crippen LogP contribution in [-0.4, -0.2) is 38.7 Å². The highest BCUT2D eigenvalue weighted by atomic mass is 32.1. The van der Waals surface area contributed by atoms with Gasteiger partial charge in [0.2, 0.25) is 17.0 Å². The zero-order valence-electron chi connectivity index (χ0n) is 15.0. The van der Waals surface area contributed by atoms with Gasteiger partial charge in [0.05, 0.1) is 17.0 Å². The molecule has 0 bridgehead atoms. The molecule has 4 rings (SSSR count). The first-order valence-corrected chi connectivity index (χ1v) is 9.77. The Labute approximate surface area is 156 Å². The minimum atomic E-state index is -0.0717. The molecule has 136 valence electrons. The number of aromatic nitrogens is 4. The molecule has 1 atom stereocenters. The highest BCUT2D eigenvalue weighted by Crippen LogP contribution is 2.27. The van der Waals surface area contributed by atoms with E-state index < -0.39 is 0 Å². The maximum atomic E-state index is 12.7. The molecule has 1 saturated heterocycles. The van der Waals surface area contributed by atoms with Crippen LogP contribution >= 0.6 is 11.3 Å². The predicted molar refractivity (Wildman–Crippen MR) is 104 cm³/mol. The van der Waals surface area contributed by atoms with Crippen LogP contribution < -0.4 is 10.2 Å². The molecule has 3 aromatic rings. The monoisotopic (exact) mass is 370 g/mol. The first-order valence-electron chi connectivity index (χ1n) is 8.95. The lowest BCUT2D eigenvalue weighted by Gasteiger charge is -2.32. The second-order valence-corrected chi connectivity index (χ2v) is 7.65. The Bertz CT molecular complexity index is 933. The second kappa shape index (κ2) is 7.03. The fourth-order valence-electron chi connectivity index (χ4n) is 3.44. The normalized spacial score (nSPS) is 17.6. The minimum Gasteiger partial charge on any atom is -0.341 e. The number of fused-ring (bicyclic) bond motifs is 1. The van der Waals surface area contributed by atoms with E-state index in [0.717, 1.165) is 47.8 Å². The van der Waals surface area contributed by atoms with Crippen molar-refractivity contribution in [3.05, 3.63) is 29.3 Å². The standard InChI is InChI=1S/C18H22N6OS/c1-3-15-21-22-17(26-15)20-16(25)12-7-6-10-24(11-12)18-19-13-8-4-5-9-14(13)23(18)2/h4-5,8-9,12H,3,6-7,10-11H2,1-2H3,(H,20,22,25). The van der Waals surface area contributed by atoms with Crippen LogP contribution in [0.5, 0.6) is 0 Å². The molecular formula is C18H22N6OS. The second-order valence-electron chi connectivity index (χ2n) is 6.59. The first-order chi connectivity index (χ1) is 12.7. The highest BCUT2D eigenvalue weighted by molar-refractivity contribution is 7.15. The summed E-state index contributed by atoms with van der Waals surface area (Å²) in [6.07, 6.45) is 2.68. The highest BCUT2D eigenvalue weighted by Gasteiger charge is 2.28. The molecule has 0 aliphatic carbocycles. The van der Waals surface area contributed by atoms with Crippen LogP contribution in [-0.2, 0) is 18.3 Å². The van der Waals surface area contributed by atoms with Crippen molar-refractivity contribution in [1.29, 1.82) is 0 Å². The van der Waals surface area contributed by atoms with Crippen LogP contribution in [0.4, 0.5) is 11.1 Å². The maximum Gasteiger partial charge on any atom is 0.231 e. The molecule has 1 amide bonds. The molecule has 1 unspecified atom stereocenters. The Morgan fingerprint density at radius 2 is 2.19 bits per heavy atom. The molecule has 7 nitrogen and oxygen atoms in total. The fourth-order valence-corrected chi connectivity index (χ4v) is 4.13. The van der Waals surface area contributed by atoms with Gasteiger partial charge in [-0.2, -0.15) is 0 Å². The van der Waals surface area contributed by atoms with Gasteiger partial charge in [0, 0.05) is 20.1 Å². The summed E-state index contributed by atoms with van der Waals surface area (Å²) in [6, 6.07) is 8.11. The summed E-state index contributed by atoms with van der Waals surface area (Å²) in [7, 11) is 2.03. The number of amides is 1. The van der Waals surface area contributed by atoms with E-state index in [-0.39, 0.29) is 11.8 Å². The molecule has 1 aliphatic rings. The van der Waals surface area contributed by atoms with Gasteiger partial charge in [-0.15, -0.1) is 10.2 Å². The lowest BCUT2D eigenvalue weighted by atomic mass is 9.97. The third kappa shape index (κ3) is 3.16. The molecule has 0 saturated carbocycles. The van der Waals surface area contributed by atoms with Crippen molar-refractivity contribution >= 4 is 39.4 Å². The summed E-state index contributed by atoms with van der Waals surface area (Å²) in [4.78, 5) is 19.7. The van der Waals surface area contributed by atoms with E-state index in [1.54, 1.807) is 0 Å². The number of hydrogen-bond acceptors (Lipinski definition) is 6. The summed E-state index contributed by atoms with van der Waals surface area (Å²) >= 11 is 1.44. The van der Waals surface area contributed by atoms with Gasteiger partial charge in [0.25, 0.3) is 0 Å². The van der Waals surface area contributed by atoms with E-state index in [1.807, 2.05) is 32.2 Å². The average molecular weight is 370 g/mol. The van der Waals surface area contributed by atoms with Crippen molar-refractivity contribution in [3.63, 3.8) is 0 Å². The van der Waals surface area contributed by atoms with Gasteiger partial charge in [-0.05, 0) is 31.4 Å². The van der Waals surface area contributed by atoms with Crippen molar-refractivity contribution < 1.29 is 4.79 Å². The topological polar surface area (TPSA) is 75.9 Å². The van der Waals surface area contributed by atoms with Crippen molar-refractivity contribution in [3.8, 4) is 0 Å². The van der Waals surface area contributed by atoms with E-state index in [9.17, 15) is 4.79 Å². The Morgan fingerprint density at radius 3 is 2.96 bits per heavy atom. The van der Waals surface area contributed by atoms with E-state index in [1.165, 1.54) is 11.3 Å². The summed E-state index contributed by atoms with van der Waals surface area (Å²) in [5.41, 5.74) is 2.09. The van der Waals surface area contributed by atoms with Crippen LogP contribution in [0.1, 0.15) is 24.8 Å². The Morgan fingerprint density at radius 1 is 1.35 bits per heavy atom. The summed E-state index contributed by atoms with van der Waals surface area (Å²) in [5, 5.41) is 12.6. The van der Waals surface area contributed by atoms with Crippen LogP contribution in [0, 0.1) is 5.92 Å². The molecule has 0 radical (unpaired) electrons. The molecule has 1 fully saturated rings. The number of rotatable bonds is 4. The molecule has 2 aromatic heterocycles. The van der Waals surface area contributed by atoms with Crippen LogP contribution in [0.25, 0.3) is 11.0 Å². The van der Waals surface area contributed by atoms with Crippen molar-refractivity contribution in [2.75, 3.05) is 23.3 Å². The lowest BCUT2D eigenvalue weighted by molar-refractivity contribution is -0.120. The predicted octanol–water partition coefficient (Wildman–Crippen LogP) is 2.84. The number of para-hydroxylation sites is 2. The minimum absolute atomic E-state index is 0.0206. The largest absolute Gasteiger partial charge is 0.341 e. The Hall–Kier alpha value is -2.48. The number of piperidine rings is 1. The number of nitrogens with one attached hydrogen (secondary N) is 1. The zero-order valence-corrected chi connectivity index (χ0v) is 15.8. The van der Waals surface area contributed by atoms with Gasteiger partial charge in [-0.25, -0.2) is 4.98 Å². The summed E-state index contributed by atoms with van der Waals surface area (Å²) < 4.78 is 2.11. The van der Waals surface area contributed by atoms with E-state index in [0.29, 0.717) is 11.7 Å². The number of carbonyl (C=O) groups is 1. The van der Waals surface area contributed by atoms with Crippen LogP contribution in [0.15, 0.2) is 24.3 Å². The number of aryl methyl sites for hydroxylation is 2. The Kier molecular flexibility index (Phi) is 4.58. The van der Waals surface area contributed by atoms with Crippen LogP contribution in [0.2, 0.25) is 0 Å². The van der Waals surface area contributed by atoms with Gasteiger partial charge < -0.3 is 14.8 Å². The third-order valence-electron chi connectivity index (χ3n) is 4.84. The van der Waals surface area contributed by atoms with Gasteiger partial charge in [-0.3, -0.25) is 4.79 Å². The van der Waals surface area contributed by atoms with E-state index in [2.05, 4.69) is 31.0 Å². The van der Waals surface area contributed by atoms with Gasteiger partial charge in [-0.1, -0.05) is 30.4 Å². The molecule has 26 heavy (non-hydrogen) atoms. The van der Waals surface area contributed by atoms with Crippen molar-refractivity contribution in [1.82, 2.24) is 19.7 Å². The smallest absolute Gasteiger partial charge is 0.231 e. The zero-order chi connectivity index (χ0) is 18.1. The number of anilines is 2. The quantitative estimate of drug-likeness (QED) is 0.764. The lowest BCUT2D eigenvalue weighted by Crippen LogP contribution is -2.41. The number of nitrogens with zero attached hydrogens (tertiary/aromatic N) is 5. The molecule has 3 heterocycles. The van der Waals surface area contributed by atoms with E-state index >= 15 is 0 Å². The molecule has 1 aromatic carbocycles. The maximum absolute atomic E-state index is 12.7. The number of benzene rings is 1. The SMILES string of the molecule is CCc1nnc(NC(=O)C2CCCN(c3nc4ccccc4n3C)C2)s1. The van der Waals surface area contributed by atoms with Gasteiger partial charge >= 0.3 is 0 Å². The summed E-state index contributed by atoms with van der Waals surface area (Å²) in [6.45, 7) is 3.62.